The Morgan fingerprint density at radius 3 is 2.50 bits per heavy atom. The van der Waals surface area contributed by atoms with Crippen LogP contribution in [0, 0.1) is 0 Å². The predicted octanol–water partition coefficient (Wildman–Crippen LogP) is 3.04. The van der Waals surface area contributed by atoms with E-state index in [-0.39, 0.29) is 0 Å². The Morgan fingerprint density at radius 2 is 1.83 bits per heavy atom. The molecule has 0 saturated carbocycles. The molecule has 0 saturated heterocycles. The van der Waals surface area contributed by atoms with Crippen LogP contribution in [-0.2, 0) is 4.79 Å². The van der Waals surface area contributed by atoms with Gasteiger partial charge in [0.1, 0.15) is 6.29 Å². The van der Waals surface area contributed by atoms with Gasteiger partial charge in [-0.15, -0.1) is 0 Å². The fourth-order valence-corrected chi connectivity index (χ4v) is 0.726. The zero-order chi connectivity index (χ0) is 9.07. The first-order valence-corrected chi connectivity index (χ1v) is 4.33. The molecule has 0 heterocycles. The van der Waals surface area contributed by atoms with Gasteiger partial charge in [-0.25, -0.2) is 0 Å². The van der Waals surface area contributed by atoms with Gasteiger partial charge in [-0.1, -0.05) is 43.7 Å². The molecule has 12 heavy (non-hydrogen) atoms. The number of allylic oxidation sites excluding steroid dienone is 6. The highest BCUT2D eigenvalue weighted by atomic mass is 16.1. The number of carbonyl (C=O) groups is 1. The molecule has 0 aliphatic heterocycles. The van der Waals surface area contributed by atoms with Gasteiger partial charge in [0.25, 0.3) is 0 Å². The lowest BCUT2D eigenvalue weighted by atomic mass is 10.2. The molecule has 0 fully saturated rings. The standard InChI is InChI=1S/C11H16O/c1-2-3-4-5-6-7-8-9-10-11-12/h4-5,7-11H,2-3,6H2,1H3/b5-4?,8-7?,10-9+. The molecule has 0 aliphatic rings. The van der Waals surface area contributed by atoms with Gasteiger partial charge in [-0.05, 0) is 18.9 Å². The maximum Gasteiger partial charge on any atom is 0.142 e. The molecule has 0 amide bonds. The quantitative estimate of drug-likeness (QED) is 0.255. The smallest absolute Gasteiger partial charge is 0.142 e. The summed E-state index contributed by atoms with van der Waals surface area (Å²) >= 11 is 0. The highest BCUT2D eigenvalue weighted by Gasteiger charge is 1.71. The molecule has 0 aromatic heterocycles. The van der Waals surface area contributed by atoms with Crippen molar-refractivity contribution in [2.45, 2.75) is 26.2 Å². The largest absolute Gasteiger partial charge is 0.299 e. The third-order valence-corrected chi connectivity index (χ3v) is 1.33. The van der Waals surface area contributed by atoms with Crippen molar-refractivity contribution in [3.63, 3.8) is 0 Å². The Bertz CT molecular complexity index is 175. The Morgan fingerprint density at radius 1 is 1.00 bits per heavy atom. The van der Waals surface area contributed by atoms with Crippen LogP contribution in [-0.4, -0.2) is 6.29 Å². The van der Waals surface area contributed by atoms with Crippen LogP contribution in [0.5, 0.6) is 0 Å². The molecule has 0 rings (SSSR count). The molecular weight excluding hydrogens is 148 g/mol. The molecule has 0 aliphatic carbocycles. The summed E-state index contributed by atoms with van der Waals surface area (Å²) < 4.78 is 0. The van der Waals surface area contributed by atoms with Crippen LogP contribution in [0.25, 0.3) is 0 Å². The van der Waals surface area contributed by atoms with Gasteiger partial charge < -0.3 is 0 Å². The second-order valence-electron chi connectivity index (χ2n) is 2.44. The van der Waals surface area contributed by atoms with E-state index in [1.165, 1.54) is 12.5 Å². The summed E-state index contributed by atoms with van der Waals surface area (Å²) in [6.45, 7) is 2.16. The van der Waals surface area contributed by atoms with Gasteiger partial charge in [0.2, 0.25) is 0 Å². The number of hydrogen-bond acceptors (Lipinski definition) is 1. The summed E-state index contributed by atoms with van der Waals surface area (Å²) in [6.07, 6.45) is 15.5. The summed E-state index contributed by atoms with van der Waals surface area (Å²) in [6, 6.07) is 0. The van der Waals surface area contributed by atoms with Crippen LogP contribution in [0.2, 0.25) is 0 Å². The molecule has 0 atom stereocenters. The van der Waals surface area contributed by atoms with E-state index in [4.69, 9.17) is 0 Å². The van der Waals surface area contributed by atoms with Gasteiger partial charge in [0.05, 0.1) is 0 Å². The first kappa shape index (κ1) is 10.9. The van der Waals surface area contributed by atoms with Crippen LogP contribution in [0.1, 0.15) is 26.2 Å². The van der Waals surface area contributed by atoms with E-state index in [1.54, 1.807) is 6.08 Å². The van der Waals surface area contributed by atoms with Crippen LogP contribution in [0.4, 0.5) is 0 Å². The number of hydrogen-bond donors (Lipinski definition) is 0. The Kier molecular flexibility index (Phi) is 8.98. The third kappa shape index (κ3) is 8.89. The molecule has 1 heteroatoms. The molecule has 0 aromatic carbocycles. The van der Waals surface area contributed by atoms with Crippen molar-refractivity contribution in [1.29, 1.82) is 0 Å². The summed E-state index contributed by atoms with van der Waals surface area (Å²) in [5.74, 6) is 0. The second-order valence-corrected chi connectivity index (χ2v) is 2.44. The average molecular weight is 164 g/mol. The van der Waals surface area contributed by atoms with Crippen molar-refractivity contribution in [2.24, 2.45) is 0 Å². The summed E-state index contributed by atoms with van der Waals surface area (Å²) in [5.41, 5.74) is 0. The van der Waals surface area contributed by atoms with Crippen LogP contribution < -0.4 is 0 Å². The fraction of sp³-hybridized carbons (Fsp3) is 0.364. The van der Waals surface area contributed by atoms with E-state index < -0.39 is 0 Å². The van der Waals surface area contributed by atoms with E-state index in [0.717, 1.165) is 19.1 Å². The molecule has 1 nitrogen and oxygen atoms in total. The molecule has 0 spiro atoms. The van der Waals surface area contributed by atoms with Crippen molar-refractivity contribution in [3.8, 4) is 0 Å². The van der Waals surface area contributed by atoms with Crippen LogP contribution in [0.3, 0.4) is 0 Å². The maximum atomic E-state index is 9.84. The first-order valence-electron chi connectivity index (χ1n) is 4.33. The van der Waals surface area contributed by atoms with Crippen molar-refractivity contribution in [2.75, 3.05) is 0 Å². The fourth-order valence-electron chi connectivity index (χ4n) is 0.726. The minimum atomic E-state index is 0.775. The monoisotopic (exact) mass is 164 g/mol. The minimum absolute atomic E-state index is 0.775. The number of rotatable bonds is 6. The van der Waals surface area contributed by atoms with Crippen molar-refractivity contribution in [1.82, 2.24) is 0 Å². The predicted molar refractivity (Wildman–Crippen MR) is 53.0 cm³/mol. The average Bonchev–Trinajstić information content (AvgIpc) is 2.10. The van der Waals surface area contributed by atoms with E-state index in [2.05, 4.69) is 19.1 Å². The highest BCUT2D eigenvalue weighted by Crippen LogP contribution is 1.92. The van der Waals surface area contributed by atoms with Gasteiger partial charge in [0, 0.05) is 0 Å². The van der Waals surface area contributed by atoms with E-state index >= 15 is 0 Å². The molecule has 0 N–H and O–H groups in total. The molecule has 0 aromatic rings. The molecule has 66 valence electrons. The topological polar surface area (TPSA) is 17.1 Å². The zero-order valence-corrected chi connectivity index (χ0v) is 7.57. The number of unbranched alkanes of at least 4 members (excludes halogenated alkanes) is 1. The zero-order valence-electron chi connectivity index (χ0n) is 7.57. The Hall–Kier alpha value is -1.11. The van der Waals surface area contributed by atoms with Crippen LogP contribution in [0.15, 0.2) is 36.5 Å². The van der Waals surface area contributed by atoms with Gasteiger partial charge in [-0.2, -0.15) is 0 Å². The minimum Gasteiger partial charge on any atom is -0.299 e. The van der Waals surface area contributed by atoms with Gasteiger partial charge in [0.15, 0.2) is 0 Å². The SMILES string of the molecule is CCCC=CCC=C/C=C/C=O. The molecule has 0 radical (unpaired) electrons. The lowest BCUT2D eigenvalue weighted by molar-refractivity contribution is -0.104. The van der Waals surface area contributed by atoms with Crippen molar-refractivity contribution >= 4 is 6.29 Å². The molecular formula is C11H16O. The normalized spacial score (nSPS) is 12.1. The van der Waals surface area contributed by atoms with Gasteiger partial charge in [-0.3, -0.25) is 4.79 Å². The lowest BCUT2D eigenvalue weighted by Crippen LogP contribution is -1.62. The van der Waals surface area contributed by atoms with E-state index in [0.29, 0.717) is 0 Å². The number of aldehydes is 1. The van der Waals surface area contributed by atoms with Gasteiger partial charge >= 0.3 is 0 Å². The van der Waals surface area contributed by atoms with Crippen LogP contribution >= 0.6 is 0 Å². The first-order chi connectivity index (χ1) is 5.91. The van der Waals surface area contributed by atoms with E-state index in [1.807, 2.05) is 12.2 Å². The summed E-state index contributed by atoms with van der Waals surface area (Å²) in [4.78, 5) is 9.84. The molecule has 0 unspecified atom stereocenters. The lowest BCUT2D eigenvalue weighted by Gasteiger charge is -1.82. The Balaban J connectivity index is 3.35. The van der Waals surface area contributed by atoms with E-state index in [9.17, 15) is 4.79 Å². The summed E-state index contributed by atoms with van der Waals surface area (Å²) in [5, 5.41) is 0. The third-order valence-electron chi connectivity index (χ3n) is 1.33. The Labute approximate surface area is 74.5 Å². The maximum absolute atomic E-state index is 9.84. The van der Waals surface area contributed by atoms with Crippen molar-refractivity contribution < 1.29 is 4.79 Å². The van der Waals surface area contributed by atoms with Crippen molar-refractivity contribution in [3.05, 3.63) is 36.5 Å². The summed E-state index contributed by atoms with van der Waals surface area (Å²) in [7, 11) is 0. The second kappa shape index (κ2) is 9.89. The number of carbonyl (C=O) groups excluding carboxylic acids is 1. The molecule has 0 bridgehead atoms. The highest BCUT2D eigenvalue weighted by molar-refractivity contribution is 5.65.